The van der Waals surface area contributed by atoms with E-state index in [1.807, 2.05) is 0 Å². The Morgan fingerprint density at radius 1 is 1.32 bits per heavy atom. The standard InChI is InChI=1S/C18H18FNO5/c1-24-16-7-4-11(9-15(16)19)20(10-12-3-2-8-25-12)17(21)13-5-6-14(13)18(22)23/h2-4,7-9,13-14H,5-6,10H2,1H3,(H,22,23). The van der Waals surface area contributed by atoms with Crippen molar-refractivity contribution in [1.29, 1.82) is 0 Å². The van der Waals surface area contributed by atoms with E-state index in [9.17, 15) is 19.1 Å². The smallest absolute Gasteiger partial charge is 0.307 e. The lowest BCUT2D eigenvalue weighted by Gasteiger charge is -2.36. The van der Waals surface area contributed by atoms with Crippen molar-refractivity contribution in [3.8, 4) is 5.75 Å². The Bertz CT molecular complexity index is 774. The van der Waals surface area contributed by atoms with Crippen LogP contribution in [0.5, 0.6) is 5.75 Å². The van der Waals surface area contributed by atoms with E-state index in [2.05, 4.69) is 0 Å². The Morgan fingerprint density at radius 3 is 2.60 bits per heavy atom. The van der Waals surface area contributed by atoms with Crippen LogP contribution in [-0.2, 0) is 16.1 Å². The molecule has 2 unspecified atom stereocenters. The van der Waals surface area contributed by atoms with Crippen LogP contribution in [0.4, 0.5) is 10.1 Å². The van der Waals surface area contributed by atoms with Gasteiger partial charge in [0, 0.05) is 11.8 Å². The molecule has 0 radical (unpaired) electrons. The summed E-state index contributed by atoms with van der Waals surface area (Å²) in [5, 5.41) is 9.21. The van der Waals surface area contributed by atoms with Gasteiger partial charge in [0.1, 0.15) is 5.76 Å². The van der Waals surface area contributed by atoms with Gasteiger partial charge in [-0.2, -0.15) is 0 Å². The van der Waals surface area contributed by atoms with Gasteiger partial charge in [-0.1, -0.05) is 0 Å². The molecule has 2 aromatic rings. The fourth-order valence-corrected chi connectivity index (χ4v) is 2.97. The van der Waals surface area contributed by atoms with Gasteiger partial charge in [-0.15, -0.1) is 0 Å². The molecule has 0 spiro atoms. The van der Waals surface area contributed by atoms with E-state index in [1.54, 1.807) is 18.2 Å². The van der Waals surface area contributed by atoms with Crippen molar-refractivity contribution in [2.45, 2.75) is 19.4 Å². The van der Waals surface area contributed by atoms with Crippen molar-refractivity contribution in [1.82, 2.24) is 0 Å². The zero-order valence-electron chi connectivity index (χ0n) is 13.6. The zero-order chi connectivity index (χ0) is 18.0. The molecule has 2 atom stereocenters. The summed E-state index contributed by atoms with van der Waals surface area (Å²) in [6.45, 7) is 0.0977. The maximum Gasteiger partial charge on any atom is 0.307 e. The highest BCUT2D eigenvalue weighted by molar-refractivity contribution is 5.98. The first-order valence-electron chi connectivity index (χ1n) is 7.91. The molecule has 1 aliphatic rings. The molecule has 7 heteroatoms. The average Bonchev–Trinajstić information content (AvgIpc) is 3.04. The minimum atomic E-state index is -0.983. The first-order valence-corrected chi connectivity index (χ1v) is 7.91. The fraction of sp³-hybridized carbons (Fsp3) is 0.333. The Kier molecular flexibility index (Phi) is 4.74. The number of furan rings is 1. The summed E-state index contributed by atoms with van der Waals surface area (Å²) in [5.41, 5.74) is 0.329. The Hall–Kier alpha value is -2.83. The summed E-state index contributed by atoms with van der Waals surface area (Å²) in [6.07, 6.45) is 2.45. The van der Waals surface area contributed by atoms with Gasteiger partial charge in [0.2, 0.25) is 5.91 Å². The van der Waals surface area contributed by atoms with Gasteiger partial charge < -0.3 is 19.2 Å². The Morgan fingerprint density at radius 2 is 2.08 bits per heavy atom. The van der Waals surface area contributed by atoms with Crippen LogP contribution in [0, 0.1) is 17.7 Å². The van der Waals surface area contributed by atoms with Crippen LogP contribution in [-0.4, -0.2) is 24.1 Å². The van der Waals surface area contributed by atoms with Gasteiger partial charge >= 0.3 is 5.97 Å². The van der Waals surface area contributed by atoms with Gasteiger partial charge in [0.25, 0.3) is 0 Å². The maximum atomic E-state index is 14.1. The summed E-state index contributed by atoms with van der Waals surface area (Å²) in [4.78, 5) is 25.5. The number of methoxy groups -OCH3 is 1. The third-order valence-corrected chi connectivity index (χ3v) is 4.52. The number of hydrogen-bond acceptors (Lipinski definition) is 4. The van der Waals surface area contributed by atoms with E-state index in [0.29, 0.717) is 24.3 Å². The lowest BCUT2D eigenvalue weighted by Crippen LogP contribution is -2.46. The number of carboxylic acids is 1. The normalized spacial score (nSPS) is 19.1. The molecule has 1 amide bonds. The number of anilines is 1. The number of halogens is 1. The topological polar surface area (TPSA) is 80.0 Å². The third-order valence-electron chi connectivity index (χ3n) is 4.52. The van der Waals surface area contributed by atoms with Crippen LogP contribution in [0.25, 0.3) is 0 Å². The number of benzene rings is 1. The van der Waals surface area contributed by atoms with Crippen LogP contribution in [0.3, 0.4) is 0 Å². The van der Waals surface area contributed by atoms with E-state index < -0.39 is 23.6 Å². The van der Waals surface area contributed by atoms with Crippen LogP contribution in [0.2, 0.25) is 0 Å². The molecule has 25 heavy (non-hydrogen) atoms. The number of carbonyl (C=O) groups is 2. The molecule has 0 bridgehead atoms. The second-order valence-corrected chi connectivity index (χ2v) is 5.95. The largest absolute Gasteiger partial charge is 0.494 e. The van der Waals surface area contributed by atoms with Gasteiger partial charge in [-0.3, -0.25) is 9.59 Å². The van der Waals surface area contributed by atoms with Crippen LogP contribution in [0.15, 0.2) is 41.0 Å². The highest BCUT2D eigenvalue weighted by Gasteiger charge is 2.43. The van der Waals surface area contributed by atoms with Gasteiger partial charge in [0.15, 0.2) is 11.6 Å². The Balaban J connectivity index is 1.91. The first kappa shape index (κ1) is 17.0. The predicted molar refractivity (Wildman–Crippen MR) is 86.7 cm³/mol. The molecule has 1 heterocycles. The van der Waals surface area contributed by atoms with E-state index in [0.717, 1.165) is 0 Å². The number of amides is 1. The molecule has 1 N–H and O–H groups in total. The SMILES string of the molecule is COc1ccc(N(Cc2ccco2)C(=O)C2CCC2C(=O)O)cc1F. The number of ether oxygens (including phenoxy) is 1. The molecule has 0 aliphatic heterocycles. The molecular weight excluding hydrogens is 329 g/mol. The molecule has 1 aromatic carbocycles. The number of carboxylic acid groups (broad SMARTS) is 1. The quantitative estimate of drug-likeness (QED) is 0.869. The number of rotatable bonds is 6. The van der Waals surface area contributed by atoms with Gasteiger partial charge in [0.05, 0.1) is 31.8 Å². The fourth-order valence-electron chi connectivity index (χ4n) is 2.97. The molecular formula is C18H18FNO5. The summed E-state index contributed by atoms with van der Waals surface area (Å²) in [5.74, 6) is -2.65. The van der Waals surface area contributed by atoms with Gasteiger partial charge in [-0.25, -0.2) is 4.39 Å². The van der Waals surface area contributed by atoms with Crippen LogP contribution >= 0.6 is 0 Å². The summed E-state index contributed by atoms with van der Waals surface area (Å²) < 4.78 is 24.3. The molecule has 132 valence electrons. The second kappa shape index (κ2) is 6.96. The van der Waals surface area contributed by atoms with Crippen LogP contribution < -0.4 is 9.64 Å². The minimum absolute atomic E-state index is 0.0706. The summed E-state index contributed by atoms with van der Waals surface area (Å²) >= 11 is 0. The molecule has 1 aliphatic carbocycles. The van der Waals surface area contributed by atoms with E-state index in [4.69, 9.17) is 9.15 Å². The highest BCUT2D eigenvalue weighted by Crippen LogP contribution is 2.37. The molecule has 6 nitrogen and oxygen atoms in total. The lowest BCUT2D eigenvalue weighted by atomic mass is 9.73. The number of carbonyl (C=O) groups excluding carboxylic acids is 1. The second-order valence-electron chi connectivity index (χ2n) is 5.95. The van der Waals surface area contributed by atoms with Crippen molar-refractivity contribution in [3.05, 3.63) is 48.2 Å². The lowest BCUT2D eigenvalue weighted by molar-refractivity contribution is -0.152. The minimum Gasteiger partial charge on any atom is -0.494 e. The van der Waals surface area contributed by atoms with E-state index >= 15 is 0 Å². The Labute approximate surface area is 143 Å². The van der Waals surface area contributed by atoms with Crippen LogP contribution in [0.1, 0.15) is 18.6 Å². The summed E-state index contributed by atoms with van der Waals surface area (Å²) in [6, 6.07) is 7.60. The van der Waals surface area contributed by atoms with E-state index in [-0.39, 0.29) is 18.2 Å². The molecule has 0 saturated heterocycles. The zero-order valence-corrected chi connectivity index (χ0v) is 13.6. The number of nitrogens with zero attached hydrogens (tertiary/aromatic N) is 1. The number of aliphatic carboxylic acids is 1. The molecule has 3 rings (SSSR count). The average molecular weight is 347 g/mol. The maximum absolute atomic E-state index is 14.1. The van der Waals surface area contributed by atoms with E-state index in [1.165, 1.54) is 30.4 Å². The monoisotopic (exact) mass is 347 g/mol. The van der Waals surface area contributed by atoms with Gasteiger partial charge in [-0.05, 0) is 37.1 Å². The first-order chi connectivity index (χ1) is 12.0. The molecule has 1 saturated carbocycles. The highest BCUT2D eigenvalue weighted by atomic mass is 19.1. The third kappa shape index (κ3) is 3.35. The van der Waals surface area contributed by atoms with Crippen molar-refractivity contribution in [3.63, 3.8) is 0 Å². The molecule has 1 fully saturated rings. The van der Waals surface area contributed by atoms with Crippen molar-refractivity contribution in [2.24, 2.45) is 11.8 Å². The van der Waals surface area contributed by atoms with Crippen molar-refractivity contribution < 1.29 is 28.2 Å². The van der Waals surface area contributed by atoms with Crippen molar-refractivity contribution in [2.75, 3.05) is 12.0 Å². The molecule has 1 aromatic heterocycles. The predicted octanol–water partition coefficient (Wildman–Crippen LogP) is 3.07. The van der Waals surface area contributed by atoms with Crippen molar-refractivity contribution >= 4 is 17.6 Å². The number of hydrogen-bond donors (Lipinski definition) is 1. The summed E-state index contributed by atoms with van der Waals surface area (Å²) in [7, 11) is 1.36.